The Hall–Kier alpha value is -0.830. The summed E-state index contributed by atoms with van der Waals surface area (Å²) in [4.78, 5) is 12.0. The van der Waals surface area contributed by atoms with Crippen LogP contribution in [0.15, 0.2) is 11.6 Å². The molecule has 3 rings (SSSR count). The van der Waals surface area contributed by atoms with Gasteiger partial charge < -0.3 is 10.2 Å². The highest BCUT2D eigenvalue weighted by atomic mass is 16.4. The van der Waals surface area contributed by atoms with Crippen LogP contribution < -0.4 is 0 Å². The second-order valence-electron chi connectivity index (χ2n) is 9.15. The Morgan fingerprint density at radius 3 is 2.57 bits per heavy atom. The van der Waals surface area contributed by atoms with E-state index < -0.39 is 17.5 Å². The Balaban J connectivity index is 2.04. The summed E-state index contributed by atoms with van der Waals surface area (Å²) in [5, 5.41) is 20.8. The first-order valence-electron chi connectivity index (χ1n) is 9.29. The number of hydrogen-bond donors (Lipinski definition) is 2. The Kier molecular flexibility index (Phi) is 3.95. The Morgan fingerprint density at radius 1 is 1.26 bits per heavy atom. The molecule has 0 bridgehead atoms. The first-order valence-corrected chi connectivity index (χ1v) is 9.29. The van der Waals surface area contributed by atoms with Gasteiger partial charge in [-0.25, -0.2) is 0 Å². The van der Waals surface area contributed by atoms with Gasteiger partial charge in [-0.05, 0) is 62.2 Å². The van der Waals surface area contributed by atoms with Crippen LogP contribution in [0, 0.1) is 28.1 Å². The summed E-state index contributed by atoms with van der Waals surface area (Å²) in [6.45, 7) is 8.68. The molecule has 2 fully saturated rings. The number of aliphatic carboxylic acids is 1. The highest BCUT2D eigenvalue weighted by molar-refractivity contribution is 5.75. The number of rotatable bonds is 2. The molecule has 3 heteroatoms. The Bertz CT molecular complexity index is 539. The minimum absolute atomic E-state index is 0.0794. The van der Waals surface area contributed by atoms with E-state index in [4.69, 9.17) is 0 Å². The van der Waals surface area contributed by atoms with Gasteiger partial charge in [0.15, 0.2) is 0 Å². The number of carboxylic acid groups (broad SMARTS) is 1. The predicted octanol–water partition coefficient (Wildman–Crippen LogP) is 4.40. The van der Waals surface area contributed by atoms with Crippen LogP contribution in [0.1, 0.15) is 72.6 Å². The van der Waals surface area contributed by atoms with Crippen LogP contribution in [0.3, 0.4) is 0 Å². The van der Waals surface area contributed by atoms with Gasteiger partial charge in [0.1, 0.15) is 0 Å². The minimum atomic E-state index is -0.788. The van der Waals surface area contributed by atoms with E-state index in [0.717, 1.165) is 25.7 Å². The fourth-order valence-corrected chi connectivity index (χ4v) is 6.24. The van der Waals surface area contributed by atoms with Gasteiger partial charge in [0.2, 0.25) is 0 Å². The summed E-state index contributed by atoms with van der Waals surface area (Å²) < 4.78 is 0. The molecule has 3 aliphatic carbocycles. The predicted molar refractivity (Wildman–Crippen MR) is 91.0 cm³/mol. The molecular formula is C20H32O3. The number of carboxylic acids is 1. The van der Waals surface area contributed by atoms with E-state index in [1.54, 1.807) is 0 Å². The first kappa shape index (κ1) is 17.0. The van der Waals surface area contributed by atoms with Crippen LogP contribution in [-0.2, 0) is 4.79 Å². The zero-order chi connectivity index (χ0) is 17.0. The number of carbonyl (C=O) groups is 1. The van der Waals surface area contributed by atoms with Crippen molar-refractivity contribution in [3.63, 3.8) is 0 Å². The molecular weight excluding hydrogens is 288 g/mol. The highest BCUT2D eigenvalue weighted by Gasteiger charge is 2.61. The van der Waals surface area contributed by atoms with E-state index in [1.807, 2.05) is 6.92 Å². The highest BCUT2D eigenvalue weighted by Crippen LogP contribution is 2.64. The van der Waals surface area contributed by atoms with E-state index in [2.05, 4.69) is 26.8 Å². The maximum absolute atomic E-state index is 12.0. The van der Waals surface area contributed by atoms with Crippen molar-refractivity contribution in [3.8, 4) is 0 Å². The molecule has 3 aliphatic rings. The molecule has 23 heavy (non-hydrogen) atoms. The topological polar surface area (TPSA) is 57.5 Å². The molecule has 0 aliphatic heterocycles. The SMILES string of the molecule is CC[C@@]1(C)C=C2CC(O)[C@@H]3[C@](C)(CCC[C@]3(C)C(=O)O)[C@@H]2CC1. The van der Waals surface area contributed by atoms with Gasteiger partial charge in [-0.15, -0.1) is 0 Å². The number of fused-ring (bicyclic) bond motifs is 3. The summed E-state index contributed by atoms with van der Waals surface area (Å²) in [5.74, 6) is -0.405. The monoisotopic (exact) mass is 320 g/mol. The standard InChI is InChI=1S/C20H32O3/c1-5-18(2)10-7-14-13(12-18)11-15(21)16-19(14,3)8-6-9-20(16,4)17(22)23/h12,14-16,21H,5-11H2,1-4H3,(H,22,23)/t14-,15?,16-,18-,19-,20+/m1/s1. The second-order valence-corrected chi connectivity index (χ2v) is 9.15. The maximum Gasteiger partial charge on any atom is 0.309 e. The van der Waals surface area contributed by atoms with Gasteiger partial charge in [0, 0.05) is 5.92 Å². The lowest BCUT2D eigenvalue weighted by molar-refractivity contribution is -0.178. The third-order valence-electron chi connectivity index (χ3n) is 7.72. The largest absolute Gasteiger partial charge is 0.481 e. The molecule has 0 heterocycles. The molecule has 0 amide bonds. The quantitative estimate of drug-likeness (QED) is 0.741. The van der Waals surface area contributed by atoms with Gasteiger partial charge in [0.25, 0.3) is 0 Å². The molecule has 0 aromatic carbocycles. The molecule has 1 unspecified atom stereocenters. The molecule has 0 aromatic heterocycles. The van der Waals surface area contributed by atoms with E-state index >= 15 is 0 Å². The van der Waals surface area contributed by atoms with E-state index in [1.165, 1.54) is 12.0 Å². The van der Waals surface area contributed by atoms with Crippen LogP contribution in [0.4, 0.5) is 0 Å². The lowest BCUT2D eigenvalue weighted by atomic mass is 9.44. The van der Waals surface area contributed by atoms with Crippen molar-refractivity contribution in [1.82, 2.24) is 0 Å². The lowest BCUT2D eigenvalue weighted by Gasteiger charge is -2.60. The van der Waals surface area contributed by atoms with Crippen LogP contribution in [0.25, 0.3) is 0 Å². The zero-order valence-electron chi connectivity index (χ0n) is 15.1. The van der Waals surface area contributed by atoms with Crippen LogP contribution in [0.5, 0.6) is 0 Å². The van der Waals surface area contributed by atoms with Crippen molar-refractivity contribution in [2.75, 3.05) is 0 Å². The average molecular weight is 320 g/mol. The second kappa shape index (κ2) is 5.34. The maximum atomic E-state index is 12.0. The van der Waals surface area contributed by atoms with Gasteiger partial charge in [0.05, 0.1) is 11.5 Å². The molecule has 3 nitrogen and oxygen atoms in total. The third-order valence-corrected chi connectivity index (χ3v) is 7.72. The number of aliphatic hydroxyl groups is 1. The number of hydrogen-bond acceptors (Lipinski definition) is 2. The summed E-state index contributed by atoms with van der Waals surface area (Å²) in [6, 6.07) is 0. The summed E-state index contributed by atoms with van der Waals surface area (Å²) >= 11 is 0. The van der Waals surface area contributed by atoms with Crippen molar-refractivity contribution in [1.29, 1.82) is 0 Å². The lowest BCUT2D eigenvalue weighted by Crippen LogP contribution is -2.59. The molecule has 0 aromatic rings. The molecule has 6 atom stereocenters. The van der Waals surface area contributed by atoms with Crippen molar-refractivity contribution in [2.45, 2.75) is 78.7 Å². The summed E-state index contributed by atoms with van der Waals surface area (Å²) in [5.41, 5.74) is 0.786. The van der Waals surface area contributed by atoms with Gasteiger partial charge in [-0.3, -0.25) is 4.79 Å². The van der Waals surface area contributed by atoms with Crippen molar-refractivity contribution in [2.24, 2.45) is 28.1 Å². The molecule has 2 N–H and O–H groups in total. The van der Waals surface area contributed by atoms with Gasteiger partial charge in [-0.1, -0.05) is 38.8 Å². The van der Waals surface area contributed by atoms with Crippen molar-refractivity contribution < 1.29 is 15.0 Å². The molecule has 130 valence electrons. The number of aliphatic hydroxyl groups excluding tert-OH is 1. The average Bonchev–Trinajstić information content (AvgIpc) is 2.46. The van der Waals surface area contributed by atoms with Gasteiger partial charge >= 0.3 is 5.97 Å². The van der Waals surface area contributed by atoms with Crippen LogP contribution >= 0.6 is 0 Å². The van der Waals surface area contributed by atoms with Crippen LogP contribution in [-0.4, -0.2) is 22.3 Å². The summed E-state index contributed by atoms with van der Waals surface area (Å²) in [7, 11) is 0. The molecule has 2 saturated carbocycles. The fraction of sp³-hybridized carbons (Fsp3) is 0.850. The van der Waals surface area contributed by atoms with E-state index in [-0.39, 0.29) is 16.7 Å². The minimum Gasteiger partial charge on any atom is -0.481 e. The normalized spacial score (nSPS) is 49.8. The van der Waals surface area contributed by atoms with Crippen LogP contribution in [0.2, 0.25) is 0 Å². The Labute approximate surface area is 140 Å². The third kappa shape index (κ3) is 2.38. The van der Waals surface area contributed by atoms with E-state index in [9.17, 15) is 15.0 Å². The molecule has 0 saturated heterocycles. The van der Waals surface area contributed by atoms with Crippen molar-refractivity contribution in [3.05, 3.63) is 11.6 Å². The smallest absolute Gasteiger partial charge is 0.309 e. The fourth-order valence-electron chi connectivity index (χ4n) is 6.24. The molecule has 0 radical (unpaired) electrons. The zero-order valence-corrected chi connectivity index (χ0v) is 15.1. The van der Waals surface area contributed by atoms with Gasteiger partial charge in [-0.2, -0.15) is 0 Å². The number of allylic oxidation sites excluding steroid dienone is 1. The van der Waals surface area contributed by atoms with E-state index in [0.29, 0.717) is 18.8 Å². The first-order chi connectivity index (χ1) is 10.7. The van der Waals surface area contributed by atoms with Crippen molar-refractivity contribution >= 4 is 5.97 Å². The summed E-state index contributed by atoms with van der Waals surface area (Å²) in [6.07, 6.45) is 8.72. The Morgan fingerprint density at radius 2 is 1.96 bits per heavy atom. The molecule has 0 spiro atoms.